The van der Waals surface area contributed by atoms with Gasteiger partial charge in [0, 0.05) is 93.1 Å². The van der Waals surface area contributed by atoms with Crippen molar-refractivity contribution in [1.82, 2.24) is 4.98 Å². The van der Waals surface area contributed by atoms with Crippen LogP contribution in [0.15, 0.2) is 356 Å². The average Bonchev–Trinajstić information content (AvgIpc) is 1.58. The molecule has 1 fully saturated rings. The average molecular weight is 2040 g/mol. The largest absolute Gasteiger partial charge is 0.507 e. The Balaban J connectivity index is 0.000000116. The Morgan fingerprint density at radius 1 is 0.363 bits per heavy atom. The van der Waals surface area contributed by atoms with Gasteiger partial charge in [-0.1, -0.05) is 226 Å². The molecule has 25 nitrogen and oxygen atoms in total. The Morgan fingerprint density at radius 2 is 0.726 bits per heavy atom. The molecule has 146 heavy (non-hydrogen) atoms. The number of halogens is 3. The number of nitrogens with two attached hydrogens (primary N) is 1. The fourth-order valence-corrected chi connectivity index (χ4v) is 17.9. The molecule has 29 heteroatoms. The maximum Gasteiger partial charge on any atom is 0.498 e. The quantitative estimate of drug-likeness (QED) is 0.0377. The Bertz CT molecular complexity index is 8740. The molecule has 0 bridgehead atoms. The predicted molar refractivity (Wildman–Crippen MR) is 582 cm³/mol. The number of rotatable bonds is 12. The van der Waals surface area contributed by atoms with Gasteiger partial charge in [-0.2, -0.15) is 4.39 Å². The van der Waals surface area contributed by atoms with Gasteiger partial charge in [0.05, 0.1) is 97.0 Å². The van der Waals surface area contributed by atoms with Crippen LogP contribution in [-0.2, 0) is 14.7 Å². The highest BCUT2D eigenvalue weighted by molar-refractivity contribution is 9.10. The molecule has 18 aromatic carbocycles. The molecule has 0 spiro atoms. The third-order valence-corrected chi connectivity index (χ3v) is 26.2. The van der Waals surface area contributed by atoms with Crippen molar-refractivity contribution in [2.75, 3.05) is 48.4 Å². The van der Waals surface area contributed by atoms with E-state index in [0.29, 0.717) is 44.8 Å². The molecular weight excluding hydrogens is 1940 g/mol. The van der Waals surface area contributed by atoms with Crippen molar-refractivity contribution in [1.29, 1.82) is 0 Å². The minimum absolute atomic E-state index is 0.0883. The summed E-state index contributed by atoms with van der Waals surface area (Å²) >= 11 is 9.30. The van der Waals surface area contributed by atoms with E-state index in [1.54, 1.807) is 63.9 Å². The van der Waals surface area contributed by atoms with Crippen LogP contribution in [0.3, 0.4) is 0 Å². The molecular formula is C117H97BBrClFN5O20. The van der Waals surface area contributed by atoms with Crippen LogP contribution in [0.2, 0.25) is 5.15 Å². The molecule has 0 radical (unpaired) electrons. The molecule has 0 unspecified atom stereocenters. The molecule has 1 aliphatic heterocycles. The van der Waals surface area contributed by atoms with E-state index < -0.39 is 44.6 Å². The minimum Gasteiger partial charge on any atom is -0.507 e. The summed E-state index contributed by atoms with van der Waals surface area (Å²) in [4.78, 5) is 34.9. The van der Waals surface area contributed by atoms with Gasteiger partial charge in [-0.05, 0) is 196 Å². The third kappa shape index (κ3) is 21.0. The van der Waals surface area contributed by atoms with Crippen LogP contribution >= 0.6 is 27.5 Å². The van der Waals surface area contributed by atoms with Gasteiger partial charge in [-0.15, -0.1) is 0 Å². The number of ether oxygens (including phenoxy) is 7. The maximum atomic E-state index is 12.7. The summed E-state index contributed by atoms with van der Waals surface area (Å²) in [6, 6.07) is 102. The molecule has 1 aliphatic rings. The molecule has 6 heterocycles. The van der Waals surface area contributed by atoms with E-state index in [0.717, 1.165) is 170 Å². The van der Waals surface area contributed by atoms with E-state index >= 15 is 0 Å². The second-order valence-corrected chi connectivity index (χ2v) is 37.2. The minimum atomic E-state index is -0.860. The number of fused-ring (bicyclic) bond motifs is 22. The van der Waals surface area contributed by atoms with Crippen molar-refractivity contribution in [2.24, 2.45) is 0 Å². The van der Waals surface area contributed by atoms with Gasteiger partial charge in [-0.25, -0.2) is 4.98 Å². The summed E-state index contributed by atoms with van der Waals surface area (Å²) in [7, 11) is 8.77. The van der Waals surface area contributed by atoms with Gasteiger partial charge < -0.3 is 71.0 Å². The highest BCUT2D eigenvalue weighted by Crippen LogP contribution is 2.47. The van der Waals surface area contributed by atoms with Gasteiger partial charge in [0.2, 0.25) is 17.1 Å². The van der Waals surface area contributed by atoms with Gasteiger partial charge in [0.15, 0.2) is 5.58 Å². The summed E-state index contributed by atoms with van der Waals surface area (Å²) in [5, 5.41) is 63.2. The molecule has 3 N–H and O–H groups in total. The van der Waals surface area contributed by atoms with Gasteiger partial charge in [-0.3, -0.25) is 30.3 Å². The first-order valence-corrected chi connectivity index (χ1v) is 47.3. The Morgan fingerprint density at radius 3 is 1.18 bits per heavy atom. The van der Waals surface area contributed by atoms with Crippen LogP contribution in [0.4, 0.5) is 27.1 Å². The second kappa shape index (κ2) is 42.6. The van der Waals surface area contributed by atoms with E-state index in [9.17, 15) is 39.8 Å². The first kappa shape index (κ1) is 100. The zero-order chi connectivity index (χ0) is 103. The monoisotopic (exact) mass is 2040 g/mol. The highest BCUT2D eigenvalue weighted by atomic mass is 79.9. The third-order valence-electron chi connectivity index (χ3n) is 25.4. The van der Waals surface area contributed by atoms with Gasteiger partial charge in [0.1, 0.15) is 84.6 Å². The van der Waals surface area contributed by atoms with E-state index in [2.05, 4.69) is 147 Å². The topological polar surface area (TPSA) is 324 Å². The van der Waals surface area contributed by atoms with Crippen LogP contribution in [0.5, 0.6) is 51.7 Å². The first-order chi connectivity index (χ1) is 70.2. The lowest BCUT2D eigenvalue weighted by atomic mass is 9.78. The van der Waals surface area contributed by atoms with Gasteiger partial charge in [0.25, 0.3) is 0 Å². The Hall–Kier alpha value is -17.0. The van der Waals surface area contributed by atoms with Crippen LogP contribution in [-0.4, -0.2) is 85.8 Å². The molecule has 5 aromatic heterocycles. The van der Waals surface area contributed by atoms with Crippen LogP contribution in [0.1, 0.15) is 54.0 Å². The van der Waals surface area contributed by atoms with Crippen LogP contribution < -0.4 is 44.4 Å². The van der Waals surface area contributed by atoms with Crippen LogP contribution in [0, 0.1) is 36.2 Å². The second-order valence-electron chi connectivity index (χ2n) is 36.0. The number of nitrogens with zero attached hydrogens (tertiary/aromatic N) is 4. The summed E-state index contributed by atoms with van der Waals surface area (Å²) < 4.78 is 87.4. The number of hydrogen-bond acceptors (Lipinski definition) is 22. The molecule has 0 saturated carbocycles. The Kier molecular flexibility index (Phi) is 29.3. The van der Waals surface area contributed by atoms with E-state index in [1.807, 2.05) is 188 Å². The number of aromatic hydroxyl groups is 1. The van der Waals surface area contributed by atoms with E-state index in [1.165, 1.54) is 50.5 Å². The summed E-state index contributed by atoms with van der Waals surface area (Å²) in [5.74, 6) is 3.69. The number of nitrogen functional groups attached to an aromatic ring is 1. The normalized spacial score (nSPS) is 12.4. The lowest BCUT2D eigenvalue weighted by Crippen LogP contribution is -2.41. The molecule has 734 valence electrons. The Labute approximate surface area is 849 Å². The highest BCUT2D eigenvalue weighted by Gasteiger charge is 2.53. The van der Waals surface area contributed by atoms with Crippen molar-refractivity contribution in [3.8, 4) is 51.7 Å². The smallest absolute Gasteiger partial charge is 0.498 e. The lowest BCUT2D eigenvalue weighted by molar-refractivity contribution is -0.387. The number of benzene rings is 18. The number of nitro benzene ring substituents is 3. The molecule has 24 rings (SSSR count). The predicted octanol–water partition coefficient (Wildman–Crippen LogP) is 31.4. The summed E-state index contributed by atoms with van der Waals surface area (Å²) in [5.41, 5.74) is 13.2. The maximum absolute atomic E-state index is 12.7. The van der Waals surface area contributed by atoms with Crippen molar-refractivity contribution in [3.05, 3.63) is 385 Å². The fraction of sp³-hybridized carbons (Fsp3) is 0.137. The van der Waals surface area contributed by atoms with Crippen molar-refractivity contribution < 1.29 is 84.4 Å². The zero-order valence-corrected chi connectivity index (χ0v) is 83.9. The van der Waals surface area contributed by atoms with Crippen LogP contribution in [0.25, 0.3) is 152 Å². The van der Waals surface area contributed by atoms with E-state index in [4.69, 9.17) is 72.7 Å². The van der Waals surface area contributed by atoms with Gasteiger partial charge >= 0.3 is 24.2 Å². The lowest BCUT2D eigenvalue weighted by Gasteiger charge is -2.32. The number of phenolic OH excluding ortho intramolecular Hbond substituents is 1. The van der Waals surface area contributed by atoms with Crippen molar-refractivity contribution in [2.45, 2.75) is 65.1 Å². The first-order valence-electron chi connectivity index (χ1n) is 46.1. The molecule has 1 saturated heterocycles. The summed E-state index contributed by atoms with van der Waals surface area (Å²) in [6.45, 7) is 14.7. The number of non-ortho nitro benzene ring substituents is 1. The molecule has 0 amide bonds. The number of nitro groups is 3. The van der Waals surface area contributed by atoms with E-state index in [-0.39, 0.29) is 33.9 Å². The number of aromatic nitrogens is 1. The standard InChI is InChI=1S/C23H23BO4.C17H11BrO2.C17H11NO4.C17H13NO4.C17H13NO2.C10H8O.C9H12ClN.C7H6FNO3/c1-22(2)23(3,4)28-24(27-22)19-13-15(25-5)12-18-17-11-10-14-8-6-7-9-16(14)20(17)26-21(18)19;1-19-11-8-14-13-7-6-10-4-2-3-5-12(10)16(13)20-17(14)15(18)9-11;1-21-11-8-14-13-7-6-10-4-2-3-5-12(10)16(13)22-17(14)15(9-11)18(19)20;1-21-13-9-10-17(15(11-13)18(19)20)22-16-8-4-6-12-5-2-3-7-14(12)16;1-19-11-8-14-13-7-6-10-4-2-3-5-12(10)16(13)20-17(14)15(18)9-11;11-10-7-3-5-8-4-1-2-6-9(8)10;1-9(2,3)7-4-5-11-8(10)6-7;1-12-5-2-3-6(8)7(4-5)9(10)11/h6-13H,1-5H3;2-9H,1H3;2-9H,1H3;2-11H,1H3;2-9H,18H2,1H3;1-7,11H;4-6H,1-3H3;2-4H,1H3. The number of furan rings is 4. The number of hydrogen-bond donors (Lipinski definition) is 2. The van der Waals surface area contributed by atoms with Crippen molar-refractivity contribution >= 4 is 215 Å². The zero-order valence-electron chi connectivity index (χ0n) is 81.5. The number of methoxy groups -OCH3 is 6. The molecule has 23 aromatic rings. The molecule has 0 atom stereocenters. The summed E-state index contributed by atoms with van der Waals surface area (Å²) in [6.07, 6.45) is 1.74. The SMILES string of the molecule is CC(C)(C)c1ccnc(Cl)c1.COc1cc(B2OC(C)(C)C(C)(C)O2)c2oc3c4ccccc4ccc3c2c1.COc1cc(Br)c2oc3c4ccccc4ccc3c2c1.COc1cc(N)c2oc3c4ccccc4ccc3c2c1.COc1cc([N+](=O)[O-])c2oc3c4ccccc4ccc3c2c1.COc1ccc(F)c([N+](=O)[O-])c1.COc1ccc(Oc2cccc3ccccc23)c([N+](=O)[O-])c1.Oc1cccc2ccccc12. The number of phenols is 1. The number of pyridine rings is 1. The number of anilines is 1. The molecule has 0 aliphatic carbocycles. The van der Waals surface area contributed by atoms with Crippen molar-refractivity contribution in [3.63, 3.8) is 0 Å². The fourth-order valence-electron chi connectivity index (χ4n) is 17.2.